The fourth-order valence-corrected chi connectivity index (χ4v) is 4.91. The molecule has 0 saturated carbocycles. The number of benzene rings is 4. The highest BCUT2D eigenvalue weighted by Gasteiger charge is 2.20. The first-order valence-electron chi connectivity index (χ1n) is 18.2. The third-order valence-corrected chi connectivity index (χ3v) is 7.98. The number of carbonyl (C=O) groups excluding carboxylic acids is 5. The highest BCUT2D eigenvalue weighted by Crippen LogP contribution is 2.21. The Hall–Kier alpha value is -7.56. The van der Waals surface area contributed by atoms with Crippen LogP contribution in [0.15, 0.2) is 109 Å². The number of carbonyl (C=O) groups is 6. The SMILES string of the molecule is CC(=O)c1ccc(F)cc1.CCOC(=O)C(=O)CC(=O)c1ccc(F)cc1.CCOC(=O)c1cc(-c2ccc(F)cc2)nn1C.Cn1nc(-c2ccc(F)cc2)cc1C(=O)O. The van der Waals surface area contributed by atoms with E-state index in [2.05, 4.69) is 14.9 Å². The van der Waals surface area contributed by atoms with E-state index in [0.717, 1.165) is 17.7 Å². The third-order valence-electron chi connectivity index (χ3n) is 7.98. The maximum absolute atomic E-state index is 12.8. The summed E-state index contributed by atoms with van der Waals surface area (Å²) in [6, 6.07) is 25.0. The molecule has 1 N–H and O–H groups in total. The van der Waals surface area contributed by atoms with Crippen LogP contribution in [0.4, 0.5) is 17.6 Å². The average molecular weight is 845 g/mol. The molecule has 0 saturated heterocycles. The van der Waals surface area contributed by atoms with Crippen LogP contribution in [0.5, 0.6) is 0 Å². The van der Waals surface area contributed by atoms with E-state index < -0.39 is 41.7 Å². The number of aryl methyl sites for hydroxylation is 2. The average Bonchev–Trinajstić information content (AvgIpc) is 3.82. The fourth-order valence-electron chi connectivity index (χ4n) is 4.91. The van der Waals surface area contributed by atoms with E-state index in [0.29, 0.717) is 34.8 Å². The van der Waals surface area contributed by atoms with Gasteiger partial charge in [-0.15, -0.1) is 0 Å². The van der Waals surface area contributed by atoms with Crippen molar-refractivity contribution in [3.05, 3.63) is 155 Å². The van der Waals surface area contributed by atoms with Crippen LogP contribution in [0.1, 0.15) is 68.9 Å². The first-order chi connectivity index (χ1) is 28.9. The van der Waals surface area contributed by atoms with Gasteiger partial charge in [0.2, 0.25) is 5.78 Å². The van der Waals surface area contributed by atoms with Crippen molar-refractivity contribution in [3.63, 3.8) is 0 Å². The van der Waals surface area contributed by atoms with Gasteiger partial charge in [-0.1, -0.05) is 0 Å². The van der Waals surface area contributed by atoms with Crippen molar-refractivity contribution in [2.75, 3.05) is 13.2 Å². The minimum atomic E-state index is -1.04. The maximum Gasteiger partial charge on any atom is 0.375 e. The van der Waals surface area contributed by atoms with Crippen molar-refractivity contribution >= 4 is 35.3 Å². The molecule has 13 nitrogen and oxygen atoms in total. The Morgan fingerprint density at radius 2 is 0.951 bits per heavy atom. The predicted molar refractivity (Wildman–Crippen MR) is 214 cm³/mol. The molecule has 0 atom stereocenters. The monoisotopic (exact) mass is 844 g/mol. The van der Waals surface area contributed by atoms with Gasteiger partial charge in [-0.05, 0) is 130 Å². The number of hydrogen-bond donors (Lipinski definition) is 1. The summed E-state index contributed by atoms with van der Waals surface area (Å²) in [5.74, 6) is -5.39. The number of ether oxygens (including phenoxy) is 2. The number of carboxylic acids is 1. The van der Waals surface area contributed by atoms with Crippen molar-refractivity contribution in [2.45, 2.75) is 27.2 Å². The van der Waals surface area contributed by atoms with Gasteiger partial charge in [0, 0.05) is 36.3 Å². The van der Waals surface area contributed by atoms with Crippen molar-refractivity contribution in [1.29, 1.82) is 0 Å². The molecule has 318 valence electrons. The first-order valence-corrected chi connectivity index (χ1v) is 18.2. The lowest BCUT2D eigenvalue weighted by molar-refractivity contribution is -0.153. The van der Waals surface area contributed by atoms with E-state index >= 15 is 0 Å². The normalized spacial score (nSPS) is 10.0. The fraction of sp³-hybridized carbons (Fsp3) is 0.182. The molecule has 0 aliphatic rings. The smallest absolute Gasteiger partial charge is 0.375 e. The molecule has 61 heavy (non-hydrogen) atoms. The Labute approximate surface area is 347 Å². The summed E-state index contributed by atoms with van der Waals surface area (Å²) in [6.45, 7) is 5.15. The molecule has 0 aliphatic carbocycles. The van der Waals surface area contributed by atoms with Gasteiger partial charge in [0.1, 0.15) is 34.7 Å². The lowest BCUT2D eigenvalue weighted by Gasteiger charge is -2.01. The Kier molecular flexibility index (Phi) is 18.1. The molecular formula is C44H40F4N4O9. The Morgan fingerprint density at radius 3 is 1.33 bits per heavy atom. The summed E-state index contributed by atoms with van der Waals surface area (Å²) in [7, 11) is 3.22. The van der Waals surface area contributed by atoms with Crippen molar-refractivity contribution in [3.8, 4) is 22.5 Å². The number of ketones is 3. The summed E-state index contributed by atoms with van der Waals surface area (Å²) in [5, 5.41) is 17.1. The molecule has 0 aliphatic heterocycles. The van der Waals surface area contributed by atoms with Gasteiger partial charge in [0.15, 0.2) is 11.6 Å². The predicted octanol–water partition coefficient (Wildman–Crippen LogP) is 7.89. The second-order valence-electron chi connectivity index (χ2n) is 12.4. The third kappa shape index (κ3) is 15.0. The number of esters is 2. The van der Waals surface area contributed by atoms with E-state index in [-0.39, 0.29) is 41.1 Å². The Bertz CT molecular complexity index is 2450. The lowest BCUT2D eigenvalue weighted by Crippen LogP contribution is -2.20. The topological polar surface area (TPSA) is 177 Å². The van der Waals surface area contributed by atoms with E-state index in [1.165, 1.54) is 83.0 Å². The van der Waals surface area contributed by atoms with Crippen LogP contribution in [-0.2, 0) is 33.2 Å². The van der Waals surface area contributed by atoms with Crippen LogP contribution >= 0.6 is 0 Å². The zero-order valence-electron chi connectivity index (χ0n) is 33.5. The number of Topliss-reactive ketones (excluding diaryl/α,β-unsaturated/α-hetero) is 3. The molecule has 0 bridgehead atoms. The molecule has 17 heteroatoms. The zero-order chi connectivity index (χ0) is 45.2. The largest absolute Gasteiger partial charge is 0.477 e. The van der Waals surface area contributed by atoms with E-state index in [9.17, 15) is 46.3 Å². The number of carboxylic acid groups (broad SMARTS) is 1. The van der Waals surface area contributed by atoms with Gasteiger partial charge >= 0.3 is 17.9 Å². The summed E-state index contributed by atoms with van der Waals surface area (Å²) >= 11 is 0. The van der Waals surface area contributed by atoms with Crippen LogP contribution in [0.25, 0.3) is 22.5 Å². The number of aromatic carboxylic acids is 1. The first kappa shape index (κ1) is 47.8. The van der Waals surface area contributed by atoms with Crippen molar-refractivity contribution in [1.82, 2.24) is 19.6 Å². The zero-order valence-corrected chi connectivity index (χ0v) is 33.5. The number of halogens is 4. The second-order valence-corrected chi connectivity index (χ2v) is 12.4. The molecule has 4 aromatic carbocycles. The van der Waals surface area contributed by atoms with Crippen LogP contribution in [0.2, 0.25) is 0 Å². The maximum atomic E-state index is 12.8. The van der Waals surface area contributed by atoms with Gasteiger partial charge in [-0.3, -0.25) is 23.7 Å². The Morgan fingerprint density at radius 1 is 0.574 bits per heavy atom. The Balaban J connectivity index is 0.000000221. The summed E-state index contributed by atoms with van der Waals surface area (Å²) < 4.78 is 62.4. The van der Waals surface area contributed by atoms with Crippen LogP contribution in [0, 0.1) is 23.3 Å². The van der Waals surface area contributed by atoms with Gasteiger partial charge in [0.25, 0.3) is 0 Å². The molecule has 6 aromatic rings. The second kappa shape index (κ2) is 23.1. The number of hydrogen-bond acceptors (Lipinski definition) is 10. The van der Waals surface area contributed by atoms with E-state index in [1.54, 1.807) is 58.3 Å². The molecule has 0 fully saturated rings. The van der Waals surface area contributed by atoms with Gasteiger partial charge < -0.3 is 14.6 Å². The number of nitrogens with zero attached hydrogens (tertiary/aromatic N) is 4. The number of aromatic nitrogens is 4. The summed E-state index contributed by atoms with van der Waals surface area (Å²) in [6.07, 6.45) is -0.565. The summed E-state index contributed by atoms with van der Waals surface area (Å²) in [5.41, 5.74) is 3.76. The molecule has 0 radical (unpaired) electrons. The van der Waals surface area contributed by atoms with Gasteiger partial charge in [-0.25, -0.2) is 31.9 Å². The molecule has 6 rings (SSSR count). The molecule has 0 spiro atoms. The van der Waals surface area contributed by atoms with Gasteiger partial charge in [0.05, 0.1) is 31.0 Å². The highest BCUT2D eigenvalue weighted by molar-refractivity contribution is 6.38. The lowest BCUT2D eigenvalue weighted by atomic mass is 10.1. The minimum absolute atomic E-state index is 0.0417. The molecule has 0 unspecified atom stereocenters. The van der Waals surface area contributed by atoms with E-state index in [4.69, 9.17) is 9.84 Å². The molecule has 2 aromatic heterocycles. The minimum Gasteiger partial charge on any atom is -0.477 e. The quantitative estimate of drug-likeness (QED) is 0.0441. The summed E-state index contributed by atoms with van der Waals surface area (Å²) in [4.78, 5) is 66.8. The van der Waals surface area contributed by atoms with E-state index in [1.807, 2.05) is 0 Å². The van der Waals surface area contributed by atoms with Crippen LogP contribution in [0.3, 0.4) is 0 Å². The molecule has 2 heterocycles. The number of rotatable bonds is 11. The molecule has 0 amide bonds. The van der Waals surface area contributed by atoms with Crippen molar-refractivity contribution in [2.24, 2.45) is 14.1 Å². The van der Waals surface area contributed by atoms with Crippen LogP contribution in [-0.4, -0.2) is 73.1 Å². The van der Waals surface area contributed by atoms with Gasteiger partial charge in [-0.2, -0.15) is 10.2 Å². The van der Waals surface area contributed by atoms with Crippen molar-refractivity contribution < 1.29 is 60.9 Å². The molecular weight excluding hydrogens is 804 g/mol. The highest BCUT2D eigenvalue weighted by atomic mass is 19.1. The standard InChI is InChI=1S/C13H13FN2O2.C12H11FO4.C11H9FN2O2.C8H7FO/c1-3-18-13(17)12-8-11(15-16(12)2)9-4-6-10(14)7-5-9;1-2-17-12(16)11(15)7-10(14)8-3-5-9(13)6-4-8;1-14-10(11(15)16)6-9(13-14)7-2-4-8(12)5-3-7;1-6(10)7-2-4-8(9)5-3-7/h4-8H,3H2,1-2H3;3-6H,2,7H2,1H3;2-6H,1H3,(H,15,16);2-5H,1H3. The van der Waals surface area contributed by atoms with Crippen LogP contribution < -0.4 is 0 Å².